The molecule has 0 amide bonds. The molecule has 3 atom stereocenters. The smallest absolute Gasteiger partial charge is 0.231 e. The molecule has 0 radical (unpaired) electrons. The molecule has 0 spiro atoms. The Labute approximate surface area is 123 Å². The SMILES string of the molecule is NC1CCCC1c1nc(C2COc3ccccc3C2)no1. The van der Waals surface area contributed by atoms with E-state index in [1.54, 1.807) is 0 Å². The fourth-order valence-corrected chi connectivity index (χ4v) is 3.35. The van der Waals surface area contributed by atoms with Crippen LogP contribution in [0, 0.1) is 0 Å². The summed E-state index contributed by atoms with van der Waals surface area (Å²) in [4.78, 5) is 4.60. The quantitative estimate of drug-likeness (QED) is 0.917. The van der Waals surface area contributed by atoms with Crippen molar-refractivity contribution in [2.75, 3.05) is 6.61 Å². The molecule has 21 heavy (non-hydrogen) atoms. The monoisotopic (exact) mass is 285 g/mol. The van der Waals surface area contributed by atoms with Crippen LogP contribution in [0.25, 0.3) is 0 Å². The Bertz CT molecular complexity index is 640. The molecule has 2 aliphatic rings. The van der Waals surface area contributed by atoms with Crippen LogP contribution >= 0.6 is 0 Å². The van der Waals surface area contributed by atoms with E-state index >= 15 is 0 Å². The van der Waals surface area contributed by atoms with Gasteiger partial charge in [-0.1, -0.05) is 29.8 Å². The van der Waals surface area contributed by atoms with Crippen LogP contribution in [0.2, 0.25) is 0 Å². The van der Waals surface area contributed by atoms with Crippen LogP contribution in [-0.4, -0.2) is 22.8 Å². The van der Waals surface area contributed by atoms with Crippen LogP contribution in [0.4, 0.5) is 0 Å². The van der Waals surface area contributed by atoms with Crippen molar-refractivity contribution in [3.63, 3.8) is 0 Å². The maximum atomic E-state index is 6.11. The van der Waals surface area contributed by atoms with E-state index in [0.717, 1.165) is 37.3 Å². The molecule has 2 aromatic rings. The van der Waals surface area contributed by atoms with Gasteiger partial charge in [-0.3, -0.25) is 0 Å². The van der Waals surface area contributed by atoms with Gasteiger partial charge in [0.25, 0.3) is 0 Å². The molecule has 110 valence electrons. The number of nitrogens with two attached hydrogens (primary N) is 1. The van der Waals surface area contributed by atoms with Crippen molar-refractivity contribution >= 4 is 0 Å². The van der Waals surface area contributed by atoms with E-state index in [1.807, 2.05) is 18.2 Å². The first kappa shape index (κ1) is 12.8. The summed E-state index contributed by atoms with van der Waals surface area (Å²) in [6.07, 6.45) is 4.13. The molecule has 0 bridgehead atoms. The maximum Gasteiger partial charge on any atom is 0.231 e. The second-order valence-electron chi connectivity index (χ2n) is 6.01. The molecule has 0 saturated heterocycles. The summed E-state index contributed by atoms with van der Waals surface area (Å²) in [6.45, 7) is 0.604. The zero-order chi connectivity index (χ0) is 14.2. The van der Waals surface area contributed by atoms with Crippen LogP contribution in [0.15, 0.2) is 28.8 Å². The highest BCUT2D eigenvalue weighted by molar-refractivity contribution is 5.36. The Balaban J connectivity index is 1.54. The molecule has 1 fully saturated rings. The highest BCUT2D eigenvalue weighted by Gasteiger charge is 2.32. The van der Waals surface area contributed by atoms with E-state index in [9.17, 15) is 0 Å². The number of fused-ring (bicyclic) bond motifs is 1. The van der Waals surface area contributed by atoms with Crippen LogP contribution in [0.1, 0.15) is 48.4 Å². The van der Waals surface area contributed by atoms with E-state index in [-0.39, 0.29) is 17.9 Å². The molecule has 1 aromatic heterocycles. The number of benzene rings is 1. The minimum absolute atomic E-state index is 0.154. The van der Waals surface area contributed by atoms with Gasteiger partial charge in [-0.05, 0) is 30.9 Å². The Kier molecular flexibility index (Phi) is 3.15. The molecule has 1 aromatic carbocycles. The van der Waals surface area contributed by atoms with Gasteiger partial charge in [0.1, 0.15) is 5.75 Å². The average molecular weight is 285 g/mol. The fraction of sp³-hybridized carbons (Fsp3) is 0.500. The molecule has 4 rings (SSSR count). The van der Waals surface area contributed by atoms with Gasteiger partial charge in [0, 0.05) is 6.04 Å². The van der Waals surface area contributed by atoms with Crippen LogP contribution in [0.5, 0.6) is 5.75 Å². The lowest BCUT2D eigenvalue weighted by atomic mass is 9.96. The van der Waals surface area contributed by atoms with E-state index in [2.05, 4.69) is 16.2 Å². The lowest BCUT2D eigenvalue weighted by Crippen LogP contribution is -2.23. The summed E-state index contributed by atoms with van der Waals surface area (Å²) < 4.78 is 11.3. The van der Waals surface area contributed by atoms with E-state index < -0.39 is 0 Å². The van der Waals surface area contributed by atoms with Gasteiger partial charge in [-0.2, -0.15) is 4.98 Å². The molecular weight excluding hydrogens is 266 g/mol. The third-order valence-electron chi connectivity index (χ3n) is 4.59. The van der Waals surface area contributed by atoms with Crippen LogP contribution < -0.4 is 10.5 Å². The van der Waals surface area contributed by atoms with Crippen LogP contribution in [0.3, 0.4) is 0 Å². The first-order valence-electron chi connectivity index (χ1n) is 7.61. The highest BCUT2D eigenvalue weighted by Crippen LogP contribution is 2.35. The number of hydrogen-bond donors (Lipinski definition) is 1. The van der Waals surface area contributed by atoms with Crippen molar-refractivity contribution in [3.05, 3.63) is 41.5 Å². The average Bonchev–Trinajstić information content (AvgIpc) is 3.15. The van der Waals surface area contributed by atoms with E-state index in [0.29, 0.717) is 12.5 Å². The van der Waals surface area contributed by atoms with Crippen molar-refractivity contribution in [2.24, 2.45) is 5.73 Å². The fourth-order valence-electron chi connectivity index (χ4n) is 3.35. The zero-order valence-corrected chi connectivity index (χ0v) is 11.9. The van der Waals surface area contributed by atoms with Crippen molar-refractivity contribution in [1.29, 1.82) is 0 Å². The van der Waals surface area contributed by atoms with Gasteiger partial charge in [0.15, 0.2) is 5.82 Å². The summed E-state index contributed by atoms with van der Waals surface area (Å²) in [5.74, 6) is 2.81. The molecule has 2 heterocycles. The Morgan fingerprint density at radius 2 is 2.10 bits per heavy atom. The number of nitrogens with zero attached hydrogens (tertiary/aromatic N) is 2. The first-order chi connectivity index (χ1) is 10.3. The van der Waals surface area contributed by atoms with Gasteiger partial charge in [-0.25, -0.2) is 0 Å². The van der Waals surface area contributed by atoms with Gasteiger partial charge in [0.05, 0.1) is 18.4 Å². The molecule has 5 heteroatoms. The summed E-state index contributed by atoms with van der Waals surface area (Å²) in [5.41, 5.74) is 7.32. The number of aromatic nitrogens is 2. The second-order valence-corrected chi connectivity index (χ2v) is 6.01. The second kappa shape index (κ2) is 5.15. The molecule has 2 N–H and O–H groups in total. The van der Waals surface area contributed by atoms with E-state index in [4.69, 9.17) is 15.0 Å². The van der Waals surface area contributed by atoms with Gasteiger partial charge in [0.2, 0.25) is 5.89 Å². The lowest BCUT2D eigenvalue weighted by Gasteiger charge is -2.22. The maximum absolute atomic E-state index is 6.11. The molecular formula is C16H19N3O2. The summed E-state index contributed by atoms with van der Waals surface area (Å²) in [6, 6.07) is 8.28. The van der Waals surface area contributed by atoms with Gasteiger partial charge in [-0.15, -0.1) is 0 Å². The van der Waals surface area contributed by atoms with Crippen molar-refractivity contribution in [1.82, 2.24) is 10.1 Å². The van der Waals surface area contributed by atoms with Crippen molar-refractivity contribution in [3.8, 4) is 5.75 Å². The molecule has 3 unspecified atom stereocenters. The Hall–Kier alpha value is -1.88. The number of hydrogen-bond acceptors (Lipinski definition) is 5. The predicted octanol–water partition coefficient (Wildman–Crippen LogP) is 2.38. The minimum Gasteiger partial charge on any atom is -0.493 e. The van der Waals surface area contributed by atoms with Gasteiger partial charge < -0.3 is 15.0 Å². The van der Waals surface area contributed by atoms with Crippen LogP contribution in [-0.2, 0) is 6.42 Å². The third-order valence-corrected chi connectivity index (χ3v) is 4.59. The van der Waals surface area contributed by atoms with Gasteiger partial charge >= 0.3 is 0 Å². The molecule has 1 saturated carbocycles. The van der Waals surface area contributed by atoms with Crippen molar-refractivity contribution in [2.45, 2.75) is 43.6 Å². The normalized spacial score (nSPS) is 28.1. The summed E-state index contributed by atoms with van der Waals surface area (Å²) in [5, 5.41) is 4.17. The van der Waals surface area contributed by atoms with Crippen molar-refractivity contribution < 1.29 is 9.26 Å². The van der Waals surface area contributed by atoms with E-state index in [1.165, 1.54) is 5.56 Å². The largest absolute Gasteiger partial charge is 0.493 e. The molecule has 1 aliphatic carbocycles. The molecule has 1 aliphatic heterocycles. The predicted molar refractivity (Wildman–Crippen MR) is 77.2 cm³/mol. The standard InChI is InChI=1S/C16H19N3O2/c17-13-6-3-5-12(13)16-18-15(19-21-16)11-8-10-4-1-2-7-14(10)20-9-11/h1-2,4,7,11-13H,3,5-6,8-9,17H2. The first-order valence-corrected chi connectivity index (χ1v) is 7.61. The molecule has 5 nitrogen and oxygen atoms in total. The third kappa shape index (κ3) is 2.31. The number of rotatable bonds is 2. The lowest BCUT2D eigenvalue weighted by molar-refractivity contribution is 0.253. The summed E-state index contributed by atoms with van der Waals surface area (Å²) >= 11 is 0. The minimum atomic E-state index is 0.154. The number of para-hydroxylation sites is 1. The zero-order valence-electron chi connectivity index (χ0n) is 11.9. The Morgan fingerprint density at radius 3 is 2.95 bits per heavy atom. The topological polar surface area (TPSA) is 74.2 Å². The summed E-state index contributed by atoms with van der Waals surface area (Å²) in [7, 11) is 0. The Morgan fingerprint density at radius 1 is 1.19 bits per heavy atom. The highest BCUT2D eigenvalue weighted by atomic mass is 16.5. The number of ether oxygens (including phenoxy) is 1.